The van der Waals surface area contributed by atoms with Gasteiger partial charge in [-0.25, -0.2) is 4.79 Å². The molecule has 1 rings (SSSR count). The van der Waals surface area contributed by atoms with E-state index in [0.29, 0.717) is 5.02 Å². The fraction of sp³-hybridized carbons (Fsp3) is 0.385. The van der Waals surface area contributed by atoms with Gasteiger partial charge in [0.05, 0.1) is 17.2 Å². The van der Waals surface area contributed by atoms with Gasteiger partial charge >= 0.3 is 5.97 Å². The molecule has 4 nitrogen and oxygen atoms in total. The predicted octanol–water partition coefficient (Wildman–Crippen LogP) is 2.70. The van der Waals surface area contributed by atoms with Crippen LogP contribution in [-0.4, -0.2) is 24.4 Å². The zero-order valence-corrected chi connectivity index (χ0v) is 12.4. The van der Waals surface area contributed by atoms with Crippen LogP contribution < -0.4 is 5.73 Å². The molecule has 0 saturated carbocycles. The third-order valence-electron chi connectivity index (χ3n) is 2.99. The second-order valence-corrected chi connectivity index (χ2v) is 5.29. The molecule has 0 radical (unpaired) electrons. The van der Waals surface area contributed by atoms with Gasteiger partial charge in [0.25, 0.3) is 0 Å². The number of nitrogens with two attached hydrogens (primary N) is 1. The molecule has 104 valence electrons. The molecule has 2 N–H and O–H groups in total. The van der Waals surface area contributed by atoms with E-state index in [1.54, 1.807) is 13.8 Å². The molecule has 0 heterocycles. The molecule has 0 saturated heterocycles. The van der Waals surface area contributed by atoms with Gasteiger partial charge in [0.15, 0.2) is 11.3 Å². The van der Waals surface area contributed by atoms with Crippen LogP contribution in [0.25, 0.3) is 0 Å². The molecule has 19 heavy (non-hydrogen) atoms. The molecular formula is C13H15Cl2NO3. The molecule has 1 aromatic rings. The van der Waals surface area contributed by atoms with E-state index < -0.39 is 23.2 Å². The van der Waals surface area contributed by atoms with Crippen molar-refractivity contribution in [2.45, 2.75) is 19.4 Å². The Kier molecular flexibility index (Phi) is 4.96. The Bertz CT molecular complexity index is 517. The van der Waals surface area contributed by atoms with Gasteiger partial charge in [-0.15, -0.1) is 0 Å². The van der Waals surface area contributed by atoms with E-state index in [9.17, 15) is 9.59 Å². The van der Waals surface area contributed by atoms with Gasteiger partial charge in [-0.1, -0.05) is 37.0 Å². The maximum Gasteiger partial charge on any atom is 0.334 e. The first kappa shape index (κ1) is 16.0. The van der Waals surface area contributed by atoms with E-state index in [4.69, 9.17) is 28.9 Å². The van der Waals surface area contributed by atoms with Crippen molar-refractivity contribution in [3.63, 3.8) is 0 Å². The van der Waals surface area contributed by atoms with Crippen molar-refractivity contribution in [1.82, 2.24) is 0 Å². The highest BCUT2D eigenvalue weighted by Crippen LogP contribution is 2.27. The smallest absolute Gasteiger partial charge is 0.334 e. The van der Waals surface area contributed by atoms with Crippen LogP contribution in [0.15, 0.2) is 18.2 Å². The van der Waals surface area contributed by atoms with Crippen LogP contribution in [0.5, 0.6) is 0 Å². The number of halogens is 2. The zero-order valence-electron chi connectivity index (χ0n) is 10.9. The summed E-state index contributed by atoms with van der Waals surface area (Å²) in [4.78, 5) is 24.3. The summed E-state index contributed by atoms with van der Waals surface area (Å²) in [6.45, 7) is 3.35. The first-order valence-corrected chi connectivity index (χ1v) is 6.37. The molecule has 1 atom stereocenters. The molecule has 0 aromatic heterocycles. The number of benzene rings is 1. The van der Waals surface area contributed by atoms with Gasteiger partial charge in [0.1, 0.15) is 0 Å². The summed E-state index contributed by atoms with van der Waals surface area (Å²) in [5, 5.41) is 0.548. The molecule has 0 aliphatic carbocycles. The quantitative estimate of drug-likeness (QED) is 0.527. The van der Waals surface area contributed by atoms with Crippen molar-refractivity contribution in [3.8, 4) is 0 Å². The normalized spacial score (nSPS) is 14.1. The van der Waals surface area contributed by atoms with Crippen LogP contribution in [0.3, 0.4) is 0 Å². The molecule has 0 spiro atoms. The highest BCUT2D eigenvalue weighted by molar-refractivity contribution is 6.42. The van der Waals surface area contributed by atoms with Crippen LogP contribution >= 0.6 is 23.2 Å². The molecule has 0 aliphatic rings. The van der Waals surface area contributed by atoms with Crippen molar-refractivity contribution in [3.05, 3.63) is 33.8 Å². The lowest BCUT2D eigenvalue weighted by Crippen LogP contribution is -2.59. The van der Waals surface area contributed by atoms with Gasteiger partial charge in [-0.05, 0) is 24.1 Å². The van der Waals surface area contributed by atoms with E-state index >= 15 is 0 Å². The minimum atomic E-state index is -1.74. The lowest BCUT2D eigenvalue weighted by atomic mass is 9.80. The number of ether oxygens (including phenoxy) is 1. The molecule has 0 bridgehead atoms. The summed E-state index contributed by atoms with van der Waals surface area (Å²) >= 11 is 11.6. The molecule has 1 unspecified atom stereocenters. The summed E-state index contributed by atoms with van der Waals surface area (Å²) in [5.41, 5.74) is 4.43. The van der Waals surface area contributed by atoms with Gasteiger partial charge in [-0.2, -0.15) is 0 Å². The van der Waals surface area contributed by atoms with Gasteiger partial charge in [0, 0.05) is 5.56 Å². The number of methoxy groups -OCH3 is 1. The number of Topliss-reactive ketones (excluding diaryl/α,β-unsaturated/α-hetero) is 1. The fourth-order valence-corrected chi connectivity index (χ4v) is 1.93. The van der Waals surface area contributed by atoms with Crippen molar-refractivity contribution < 1.29 is 14.3 Å². The Balaban J connectivity index is 3.28. The van der Waals surface area contributed by atoms with Crippen molar-refractivity contribution >= 4 is 35.0 Å². The molecule has 6 heteroatoms. The standard InChI is InChI=1S/C13H15Cl2NO3/c1-7(2)13(16,12(18)19-3)11(17)8-4-5-9(14)10(15)6-8/h4-7H,16H2,1-3H3. The second-order valence-electron chi connectivity index (χ2n) is 4.47. The number of esters is 1. The van der Waals surface area contributed by atoms with Gasteiger partial charge in [-0.3, -0.25) is 4.79 Å². The highest BCUT2D eigenvalue weighted by atomic mass is 35.5. The maximum atomic E-state index is 12.4. The lowest BCUT2D eigenvalue weighted by Gasteiger charge is -2.28. The number of carbonyl (C=O) groups is 2. The van der Waals surface area contributed by atoms with E-state index in [0.717, 1.165) is 0 Å². The number of carbonyl (C=O) groups excluding carboxylic acids is 2. The zero-order chi connectivity index (χ0) is 14.8. The largest absolute Gasteiger partial charge is 0.467 e. The molecular weight excluding hydrogens is 289 g/mol. The third kappa shape index (κ3) is 2.91. The minimum absolute atomic E-state index is 0.219. The number of rotatable bonds is 4. The maximum absolute atomic E-state index is 12.4. The van der Waals surface area contributed by atoms with E-state index in [-0.39, 0.29) is 10.6 Å². The van der Waals surface area contributed by atoms with Gasteiger partial charge in [0.2, 0.25) is 0 Å². The summed E-state index contributed by atoms with van der Waals surface area (Å²) in [5.74, 6) is -1.76. The van der Waals surface area contributed by atoms with Crippen LogP contribution in [-0.2, 0) is 9.53 Å². The Hall–Kier alpha value is -1.10. The Morgan fingerprint density at radius 3 is 2.26 bits per heavy atom. The number of hydrogen-bond acceptors (Lipinski definition) is 4. The van der Waals surface area contributed by atoms with Crippen LogP contribution in [0.2, 0.25) is 10.0 Å². The summed E-state index contributed by atoms with van der Waals surface area (Å²) in [6.07, 6.45) is 0. The summed E-state index contributed by atoms with van der Waals surface area (Å²) in [6, 6.07) is 4.35. The molecule has 0 aliphatic heterocycles. The SMILES string of the molecule is COC(=O)C(N)(C(=O)c1ccc(Cl)c(Cl)c1)C(C)C. The summed E-state index contributed by atoms with van der Waals surface area (Å²) < 4.78 is 4.63. The predicted molar refractivity (Wildman–Crippen MR) is 74.6 cm³/mol. The highest BCUT2D eigenvalue weighted by Gasteiger charge is 2.46. The minimum Gasteiger partial charge on any atom is -0.467 e. The topological polar surface area (TPSA) is 69.4 Å². The Labute approximate surface area is 121 Å². The van der Waals surface area contributed by atoms with Crippen molar-refractivity contribution in [2.24, 2.45) is 11.7 Å². The average molecular weight is 304 g/mol. The van der Waals surface area contributed by atoms with E-state index in [1.165, 1.54) is 25.3 Å². The lowest BCUT2D eigenvalue weighted by molar-refractivity contribution is -0.146. The average Bonchev–Trinajstić information content (AvgIpc) is 2.38. The Morgan fingerprint density at radius 1 is 1.26 bits per heavy atom. The molecule has 0 amide bonds. The molecule has 1 aromatic carbocycles. The fourth-order valence-electron chi connectivity index (χ4n) is 1.64. The monoisotopic (exact) mass is 303 g/mol. The number of ketones is 1. The first-order chi connectivity index (χ1) is 8.75. The van der Waals surface area contributed by atoms with Crippen molar-refractivity contribution in [2.75, 3.05) is 7.11 Å². The van der Waals surface area contributed by atoms with Crippen LogP contribution in [0.4, 0.5) is 0 Å². The third-order valence-corrected chi connectivity index (χ3v) is 3.73. The Morgan fingerprint density at radius 2 is 1.84 bits per heavy atom. The number of hydrogen-bond donors (Lipinski definition) is 1. The molecule has 0 fully saturated rings. The first-order valence-electron chi connectivity index (χ1n) is 5.62. The second kappa shape index (κ2) is 5.90. The van der Waals surface area contributed by atoms with E-state index in [2.05, 4.69) is 4.74 Å². The van der Waals surface area contributed by atoms with E-state index in [1.807, 2.05) is 0 Å². The van der Waals surface area contributed by atoms with Crippen LogP contribution in [0, 0.1) is 5.92 Å². The van der Waals surface area contributed by atoms with Crippen LogP contribution in [0.1, 0.15) is 24.2 Å². The van der Waals surface area contributed by atoms with Gasteiger partial charge < -0.3 is 10.5 Å². The van der Waals surface area contributed by atoms with Crippen molar-refractivity contribution in [1.29, 1.82) is 0 Å². The summed E-state index contributed by atoms with van der Waals surface area (Å²) in [7, 11) is 1.19.